The van der Waals surface area contributed by atoms with Gasteiger partial charge in [-0.25, -0.2) is 0 Å². The number of ether oxygens (including phenoxy) is 2. The molecule has 2 heterocycles. The number of esters is 1. The zero-order chi connectivity index (χ0) is 16.0. The SMILES string of the molecule is CCNC(=NCC1(C)COC1)N1CCCC(C(=O)OCC)C1. The van der Waals surface area contributed by atoms with Crippen LogP contribution in [0.25, 0.3) is 0 Å². The summed E-state index contributed by atoms with van der Waals surface area (Å²) in [4.78, 5) is 18.9. The van der Waals surface area contributed by atoms with E-state index in [1.165, 1.54) is 0 Å². The quantitative estimate of drug-likeness (QED) is 0.470. The molecule has 0 saturated carbocycles. The van der Waals surface area contributed by atoms with Crippen LogP contribution in [0.4, 0.5) is 0 Å². The van der Waals surface area contributed by atoms with Crippen LogP contribution in [0.1, 0.15) is 33.6 Å². The van der Waals surface area contributed by atoms with Crippen LogP contribution >= 0.6 is 0 Å². The van der Waals surface area contributed by atoms with Crippen molar-refractivity contribution in [1.29, 1.82) is 0 Å². The molecule has 6 heteroatoms. The van der Waals surface area contributed by atoms with Crippen molar-refractivity contribution in [3.8, 4) is 0 Å². The van der Waals surface area contributed by atoms with Gasteiger partial charge in [-0.2, -0.15) is 0 Å². The second kappa shape index (κ2) is 7.81. The number of likely N-dealkylation sites (tertiary alicyclic amines) is 1. The Morgan fingerprint density at radius 2 is 2.23 bits per heavy atom. The molecule has 6 nitrogen and oxygen atoms in total. The molecule has 2 rings (SSSR count). The molecule has 0 bridgehead atoms. The smallest absolute Gasteiger partial charge is 0.310 e. The number of hydrogen-bond donors (Lipinski definition) is 1. The molecule has 2 fully saturated rings. The van der Waals surface area contributed by atoms with Crippen molar-refractivity contribution >= 4 is 11.9 Å². The molecular weight excluding hydrogens is 282 g/mol. The second-order valence-corrected chi connectivity index (χ2v) is 6.51. The van der Waals surface area contributed by atoms with Gasteiger partial charge in [-0.15, -0.1) is 0 Å². The van der Waals surface area contributed by atoms with Gasteiger partial charge in [-0.3, -0.25) is 9.79 Å². The fourth-order valence-corrected chi connectivity index (χ4v) is 2.86. The van der Waals surface area contributed by atoms with E-state index in [1.807, 2.05) is 6.92 Å². The molecule has 1 unspecified atom stereocenters. The average Bonchev–Trinajstić information content (AvgIpc) is 2.50. The molecule has 0 amide bonds. The number of piperidine rings is 1. The number of nitrogens with one attached hydrogen (secondary N) is 1. The van der Waals surface area contributed by atoms with Crippen molar-refractivity contribution < 1.29 is 14.3 Å². The number of rotatable bonds is 5. The van der Waals surface area contributed by atoms with Crippen molar-refractivity contribution in [1.82, 2.24) is 10.2 Å². The molecule has 126 valence electrons. The molecule has 22 heavy (non-hydrogen) atoms. The summed E-state index contributed by atoms with van der Waals surface area (Å²) in [6, 6.07) is 0. The van der Waals surface area contributed by atoms with Gasteiger partial charge in [0.1, 0.15) is 0 Å². The molecule has 1 N–H and O–H groups in total. The van der Waals surface area contributed by atoms with Gasteiger partial charge in [0.2, 0.25) is 0 Å². The third-order valence-electron chi connectivity index (χ3n) is 4.19. The van der Waals surface area contributed by atoms with Gasteiger partial charge >= 0.3 is 5.97 Å². The zero-order valence-electron chi connectivity index (χ0n) is 14.1. The van der Waals surface area contributed by atoms with E-state index in [9.17, 15) is 4.79 Å². The van der Waals surface area contributed by atoms with Crippen LogP contribution in [0.3, 0.4) is 0 Å². The fraction of sp³-hybridized carbons (Fsp3) is 0.875. The maximum Gasteiger partial charge on any atom is 0.310 e. The van der Waals surface area contributed by atoms with E-state index in [4.69, 9.17) is 14.5 Å². The summed E-state index contributed by atoms with van der Waals surface area (Å²) in [5.41, 5.74) is 0.164. The normalized spacial score (nSPS) is 24.6. The summed E-state index contributed by atoms with van der Waals surface area (Å²) >= 11 is 0. The summed E-state index contributed by atoms with van der Waals surface area (Å²) in [5.74, 6) is 0.784. The summed E-state index contributed by atoms with van der Waals surface area (Å²) < 4.78 is 10.5. The number of carbonyl (C=O) groups is 1. The van der Waals surface area contributed by atoms with Gasteiger partial charge in [0, 0.05) is 25.0 Å². The third kappa shape index (κ3) is 4.35. The Hall–Kier alpha value is -1.30. The molecule has 2 aliphatic rings. The maximum absolute atomic E-state index is 12.0. The van der Waals surface area contributed by atoms with Gasteiger partial charge in [0.25, 0.3) is 0 Å². The first-order valence-corrected chi connectivity index (χ1v) is 8.35. The van der Waals surface area contributed by atoms with Crippen LogP contribution in [-0.2, 0) is 14.3 Å². The Balaban J connectivity index is 1.97. The Labute approximate surface area is 133 Å². The lowest BCUT2D eigenvalue weighted by atomic mass is 9.89. The standard InChI is InChI=1S/C16H29N3O3/c1-4-17-15(18-10-16(3)11-21-12-16)19-8-6-7-13(9-19)14(20)22-5-2/h13H,4-12H2,1-3H3,(H,17,18). The van der Waals surface area contributed by atoms with Gasteiger partial charge in [0.05, 0.1) is 32.3 Å². The molecule has 0 aromatic carbocycles. The monoisotopic (exact) mass is 311 g/mol. The Bertz CT molecular complexity index is 407. The molecule has 0 aromatic heterocycles. The van der Waals surface area contributed by atoms with Crippen LogP contribution in [0.15, 0.2) is 4.99 Å². The first-order valence-electron chi connectivity index (χ1n) is 8.35. The minimum atomic E-state index is -0.0811. The summed E-state index contributed by atoms with van der Waals surface area (Å²) in [6.07, 6.45) is 1.90. The molecule has 0 radical (unpaired) electrons. The first kappa shape index (κ1) is 17.1. The van der Waals surface area contributed by atoms with E-state index < -0.39 is 0 Å². The molecule has 0 aliphatic carbocycles. The van der Waals surface area contributed by atoms with E-state index in [1.54, 1.807) is 0 Å². The number of guanidine groups is 1. The average molecular weight is 311 g/mol. The number of nitrogens with zero attached hydrogens (tertiary/aromatic N) is 2. The third-order valence-corrected chi connectivity index (χ3v) is 4.19. The van der Waals surface area contributed by atoms with Crippen LogP contribution in [0.5, 0.6) is 0 Å². The molecule has 2 saturated heterocycles. The highest BCUT2D eigenvalue weighted by Crippen LogP contribution is 2.27. The Morgan fingerprint density at radius 1 is 1.45 bits per heavy atom. The molecule has 0 aromatic rings. The van der Waals surface area contributed by atoms with Crippen molar-refractivity contribution in [2.75, 3.05) is 46.0 Å². The second-order valence-electron chi connectivity index (χ2n) is 6.51. The predicted molar refractivity (Wildman–Crippen MR) is 85.8 cm³/mol. The van der Waals surface area contributed by atoms with E-state index >= 15 is 0 Å². The molecule has 1 atom stereocenters. The van der Waals surface area contributed by atoms with E-state index in [2.05, 4.69) is 24.1 Å². The molecule has 2 aliphatic heterocycles. The van der Waals surface area contributed by atoms with E-state index in [-0.39, 0.29) is 17.3 Å². The topological polar surface area (TPSA) is 63.2 Å². The van der Waals surface area contributed by atoms with Crippen molar-refractivity contribution in [2.24, 2.45) is 16.3 Å². The van der Waals surface area contributed by atoms with Crippen LogP contribution in [0.2, 0.25) is 0 Å². The summed E-state index contributed by atoms with van der Waals surface area (Å²) in [7, 11) is 0. The van der Waals surface area contributed by atoms with E-state index in [0.29, 0.717) is 13.2 Å². The lowest BCUT2D eigenvalue weighted by Gasteiger charge is -2.38. The lowest BCUT2D eigenvalue weighted by Crippen LogP contribution is -2.49. The number of carbonyl (C=O) groups excluding carboxylic acids is 1. The van der Waals surface area contributed by atoms with Gasteiger partial charge in [-0.05, 0) is 26.7 Å². The fourth-order valence-electron chi connectivity index (χ4n) is 2.86. The number of hydrogen-bond acceptors (Lipinski definition) is 4. The predicted octanol–water partition coefficient (Wildman–Crippen LogP) is 1.26. The zero-order valence-corrected chi connectivity index (χ0v) is 14.1. The lowest BCUT2D eigenvalue weighted by molar-refractivity contribution is -0.149. The Kier molecular flexibility index (Phi) is 6.06. The van der Waals surface area contributed by atoms with Crippen LogP contribution in [0, 0.1) is 11.3 Å². The minimum absolute atomic E-state index is 0.0415. The summed E-state index contributed by atoms with van der Waals surface area (Å²) in [5, 5.41) is 3.35. The largest absolute Gasteiger partial charge is 0.466 e. The maximum atomic E-state index is 12.0. The highest BCUT2D eigenvalue weighted by molar-refractivity contribution is 5.81. The van der Waals surface area contributed by atoms with Crippen LogP contribution < -0.4 is 5.32 Å². The van der Waals surface area contributed by atoms with Gasteiger partial charge in [0.15, 0.2) is 5.96 Å². The highest BCUT2D eigenvalue weighted by Gasteiger charge is 2.34. The number of aliphatic imine (C=N–C) groups is 1. The van der Waals surface area contributed by atoms with Crippen molar-refractivity contribution in [3.05, 3.63) is 0 Å². The first-order chi connectivity index (χ1) is 10.6. The van der Waals surface area contributed by atoms with E-state index in [0.717, 1.165) is 51.6 Å². The molecular formula is C16H29N3O3. The molecule has 0 spiro atoms. The van der Waals surface area contributed by atoms with Crippen LogP contribution in [-0.4, -0.2) is 62.8 Å². The Morgan fingerprint density at radius 3 is 2.82 bits per heavy atom. The highest BCUT2D eigenvalue weighted by atomic mass is 16.5. The van der Waals surface area contributed by atoms with Crippen molar-refractivity contribution in [3.63, 3.8) is 0 Å². The summed E-state index contributed by atoms with van der Waals surface area (Å²) in [6.45, 7) is 11.3. The minimum Gasteiger partial charge on any atom is -0.466 e. The van der Waals surface area contributed by atoms with Gasteiger partial charge < -0.3 is 19.7 Å². The van der Waals surface area contributed by atoms with Gasteiger partial charge in [-0.1, -0.05) is 6.92 Å². The van der Waals surface area contributed by atoms with Crippen molar-refractivity contribution in [2.45, 2.75) is 33.6 Å².